The Balaban J connectivity index is 1.70. The van der Waals surface area contributed by atoms with Crippen LogP contribution in [0.15, 0.2) is 45.6 Å². The van der Waals surface area contributed by atoms with Crippen molar-refractivity contribution in [1.29, 1.82) is 0 Å². The van der Waals surface area contributed by atoms with Gasteiger partial charge in [-0.2, -0.15) is 8.42 Å². The zero-order valence-electron chi connectivity index (χ0n) is 15.0. The summed E-state index contributed by atoms with van der Waals surface area (Å²) in [6.45, 7) is -0.286. The summed E-state index contributed by atoms with van der Waals surface area (Å²) in [5.41, 5.74) is 0.678. The average molecular weight is 457 g/mol. The van der Waals surface area contributed by atoms with Gasteiger partial charge in [-0.25, -0.2) is 0 Å². The molecular formula is C17H16N2O7S3. The SMILES string of the molecule is COc1ccc2c(c1)N(CC(=O)O)C(=CC1Oc3ccsc3N1CS(=O)(=O)O)S2. The number of thioether (sulfide) groups is 1. The molecule has 1 aromatic carbocycles. The van der Waals surface area contributed by atoms with E-state index in [1.165, 1.54) is 35.1 Å². The van der Waals surface area contributed by atoms with E-state index in [0.717, 1.165) is 4.90 Å². The molecule has 0 bridgehead atoms. The van der Waals surface area contributed by atoms with Gasteiger partial charge in [0.05, 0.1) is 17.8 Å². The van der Waals surface area contributed by atoms with Gasteiger partial charge in [0, 0.05) is 17.0 Å². The fraction of sp³-hybridized carbons (Fsp3) is 0.235. The van der Waals surface area contributed by atoms with Gasteiger partial charge in [0.2, 0.25) is 0 Å². The largest absolute Gasteiger partial charge is 0.497 e. The van der Waals surface area contributed by atoms with Crippen LogP contribution in [0.25, 0.3) is 0 Å². The minimum absolute atomic E-state index is 0.286. The fourth-order valence-corrected chi connectivity index (χ4v) is 5.74. The molecule has 4 rings (SSSR count). The third kappa shape index (κ3) is 4.01. The van der Waals surface area contributed by atoms with E-state index in [9.17, 15) is 22.9 Å². The predicted octanol–water partition coefficient (Wildman–Crippen LogP) is 2.67. The summed E-state index contributed by atoms with van der Waals surface area (Å²) in [5, 5.41) is 12.3. The first-order valence-electron chi connectivity index (χ1n) is 8.28. The van der Waals surface area contributed by atoms with Crippen LogP contribution in [-0.2, 0) is 14.9 Å². The molecule has 2 aromatic rings. The molecule has 12 heteroatoms. The first-order valence-corrected chi connectivity index (χ1v) is 11.6. The number of fused-ring (bicyclic) bond motifs is 2. The average Bonchev–Trinajstić information content (AvgIpc) is 3.30. The highest BCUT2D eigenvalue weighted by Gasteiger charge is 2.36. The molecule has 9 nitrogen and oxygen atoms in total. The van der Waals surface area contributed by atoms with E-state index in [0.29, 0.717) is 27.2 Å². The third-order valence-electron chi connectivity index (χ3n) is 4.24. The summed E-state index contributed by atoms with van der Waals surface area (Å²) in [7, 11) is -2.77. The number of thiophene rings is 1. The Morgan fingerprint density at radius 2 is 2.17 bits per heavy atom. The van der Waals surface area contributed by atoms with E-state index >= 15 is 0 Å². The predicted molar refractivity (Wildman–Crippen MR) is 110 cm³/mol. The summed E-state index contributed by atoms with van der Waals surface area (Å²) in [6, 6.07) is 7.07. The van der Waals surface area contributed by atoms with Gasteiger partial charge in [-0.1, -0.05) is 11.8 Å². The normalized spacial score (nSPS) is 19.2. The summed E-state index contributed by atoms with van der Waals surface area (Å²) >= 11 is 2.64. The number of aliphatic carboxylic acids is 1. The van der Waals surface area contributed by atoms with Crippen molar-refractivity contribution in [3.8, 4) is 11.5 Å². The second kappa shape index (κ2) is 7.44. The highest BCUT2D eigenvalue weighted by atomic mass is 32.2. The van der Waals surface area contributed by atoms with Crippen LogP contribution in [0.5, 0.6) is 11.5 Å². The molecule has 1 unspecified atom stereocenters. The zero-order valence-corrected chi connectivity index (χ0v) is 17.5. The molecule has 2 N–H and O–H groups in total. The lowest BCUT2D eigenvalue weighted by molar-refractivity contribution is -0.135. The Bertz CT molecular complexity index is 1100. The van der Waals surface area contributed by atoms with Gasteiger partial charge in [0.25, 0.3) is 10.1 Å². The van der Waals surface area contributed by atoms with Gasteiger partial charge in [-0.05, 0) is 23.6 Å². The van der Waals surface area contributed by atoms with Gasteiger partial charge < -0.3 is 24.4 Å². The molecule has 0 aliphatic carbocycles. The monoisotopic (exact) mass is 456 g/mol. The standard InChI is InChI=1S/C17H16N2O7S3/c1-25-10-2-3-13-11(6-10)18(8-16(20)21)15(28-13)7-14-19(9-29(22,23)24)17-12(26-14)4-5-27-17/h2-7,14H,8-9H2,1H3,(H,20,21)(H,22,23,24). The van der Waals surface area contributed by atoms with Crippen LogP contribution in [0, 0.1) is 0 Å². The number of hydrogen-bond donors (Lipinski definition) is 2. The van der Waals surface area contributed by atoms with Crippen molar-refractivity contribution in [2.24, 2.45) is 0 Å². The molecule has 3 heterocycles. The summed E-state index contributed by atoms with van der Waals surface area (Å²) < 4.78 is 43.4. The number of hydrogen-bond acceptors (Lipinski definition) is 9. The molecule has 0 saturated carbocycles. The van der Waals surface area contributed by atoms with Crippen LogP contribution < -0.4 is 19.3 Å². The van der Waals surface area contributed by atoms with Crippen LogP contribution in [0.4, 0.5) is 10.7 Å². The molecule has 2 aliphatic heterocycles. The minimum Gasteiger partial charge on any atom is -0.497 e. The van der Waals surface area contributed by atoms with Crippen molar-refractivity contribution in [2.75, 3.05) is 29.3 Å². The summed E-state index contributed by atoms with van der Waals surface area (Å²) in [6.07, 6.45) is 0.840. The summed E-state index contributed by atoms with van der Waals surface area (Å²) in [4.78, 5) is 15.3. The maximum absolute atomic E-state index is 11.5. The molecule has 2 aliphatic rings. The van der Waals surface area contributed by atoms with E-state index in [2.05, 4.69) is 0 Å². The molecule has 0 radical (unpaired) electrons. The van der Waals surface area contributed by atoms with Crippen molar-refractivity contribution in [1.82, 2.24) is 0 Å². The molecule has 0 fully saturated rings. The lowest BCUT2D eigenvalue weighted by atomic mass is 10.2. The highest BCUT2D eigenvalue weighted by molar-refractivity contribution is 8.03. The number of rotatable bonds is 6. The Hall–Kier alpha value is -2.41. The maximum Gasteiger partial charge on any atom is 0.323 e. The lowest BCUT2D eigenvalue weighted by Crippen LogP contribution is -2.38. The van der Waals surface area contributed by atoms with Crippen LogP contribution >= 0.6 is 23.1 Å². The third-order valence-corrected chi connectivity index (χ3v) is 6.91. The Morgan fingerprint density at radius 1 is 1.38 bits per heavy atom. The Labute approximate surface area is 174 Å². The molecular weight excluding hydrogens is 440 g/mol. The van der Waals surface area contributed by atoms with Crippen molar-refractivity contribution >= 4 is 49.9 Å². The number of carboxylic acids is 1. The fourth-order valence-electron chi connectivity index (χ4n) is 3.08. The van der Waals surface area contributed by atoms with E-state index < -0.39 is 28.2 Å². The molecule has 0 spiro atoms. The first kappa shape index (κ1) is 19.9. The van der Waals surface area contributed by atoms with Gasteiger partial charge in [0.1, 0.15) is 23.2 Å². The van der Waals surface area contributed by atoms with E-state index in [4.69, 9.17) is 9.47 Å². The second-order valence-corrected chi connectivity index (χ2v) is 9.58. The van der Waals surface area contributed by atoms with Crippen LogP contribution in [-0.4, -0.2) is 49.8 Å². The molecule has 1 atom stereocenters. The highest BCUT2D eigenvalue weighted by Crippen LogP contribution is 2.49. The number of carboxylic acid groups (broad SMARTS) is 1. The second-order valence-electron chi connectivity index (χ2n) is 6.20. The number of ether oxygens (including phenoxy) is 2. The van der Waals surface area contributed by atoms with E-state index in [1.807, 2.05) is 6.07 Å². The maximum atomic E-state index is 11.5. The number of carbonyl (C=O) groups is 1. The first-order chi connectivity index (χ1) is 13.7. The summed E-state index contributed by atoms with van der Waals surface area (Å²) in [5.74, 6) is -0.562. The molecule has 0 saturated heterocycles. The van der Waals surface area contributed by atoms with Crippen LogP contribution in [0.3, 0.4) is 0 Å². The van der Waals surface area contributed by atoms with E-state index in [-0.39, 0.29) is 6.54 Å². The van der Waals surface area contributed by atoms with Crippen molar-refractivity contribution in [2.45, 2.75) is 11.1 Å². The molecule has 29 heavy (non-hydrogen) atoms. The van der Waals surface area contributed by atoms with Gasteiger partial charge >= 0.3 is 5.97 Å². The zero-order chi connectivity index (χ0) is 20.8. The quantitative estimate of drug-likeness (QED) is 0.628. The molecule has 154 valence electrons. The Kier molecular flexibility index (Phi) is 5.11. The van der Waals surface area contributed by atoms with Crippen molar-refractivity contribution in [3.05, 3.63) is 40.8 Å². The van der Waals surface area contributed by atoms with Gasteiger partial charge in [-0.15, -0.1) is 11.3 Å². The Morgan fingerprint density at radius 3 is 2.86 bits per heavy atom. The minimum atomic E-state index is -4.30. The topological polar surface area (TPSA) is 117 Å². The van der Waals surface area contributed by atoms with E-state index in [1.54, 1.807) is 34.6 Å². The van der Waals surface area contributed by atoms with Crippen LogP contribution in [0.1, 0.15) is 0 Å². The number of methoxy groups -OCH3 is 1. The number of anilines is 2. The smallest absolute Gasteiger partial charge is 0.323 e. The lowest BCUT2D eigenvalue weighted by Gasteiger charge is -2.24. The number of nitrogens with zero attached hydrogens (tertiary/aromatic N) is 2. The van der Waals surface area contributed by atoms with Crippen LogP contribution in [0.2, 0.25) is 0 Å². The number of benzene rings is 1. The molecule has 1 aromatic heterocycles. The van der Waals surface area contributed by atoms with Crippen molar-refractivity contribution in [3.63, 3.8) is 0 Å². The molecule has 0 amide bonds. The van der Waals surface area contributed by atoms with Crippen molar-refractivity contribution < 1.29 is 32.3 Å². The van der Waals surface area contributed by atoms with Gasteiger partial charge in [0.15, 0.2) is 12.0 Å². The van der Waals surface area contributed by atoms with Gasteiger partial charge in [-0.3, -0.25) is 9.35 Å².